The molecule has 0 spiro atoms. The van der Waals surface area contributed by atoms with Crippen LogP contribution < -0.4 is 10.1 Å². The van der Waals surface area contributed by atoms with E-state index in [0.29, 0.717) is 0 Å². The second kappa shape index (κ2) is 6.81. The highest BCUT2D eigenvalue weighted by Gasteiger charge is 2.23. The first-order valence-electron chi connectivity index (χ1n) is 7.25. The van der Waals surface area contributed by atoms with E-state index in [9.17, 15) is 0 Å². The first-order valence-corrected chi connectivity index (χ1v) is 9.22. The molecule has 1 unspecified atom stereocenters. The molecule has 21 heavy (non-hydrogen) atoms. The third-order valence-electron chi connectivity index (χ3n) is 3.63. The Balaban J connectivity index is 1.99. The maximum Gasteiger partial charge on any atom is 0.142 e. The van der Waals surface area contributed by atoms with E-state index < -0.39 is 0 Å². The minimum Gasteiger partial charge on any atom is -0.495 e. The normalized spacial score (nSPS) is 15.5. The number of ether oxygens (including phenoxy) is 1. The molecule has 0 radical (unpaired) electrons. The van der Waals surface area contributed by atoms with Gasteiger partial charge in [0.15, 0.2) is 0 Å². The summed E-state index contributed by atoms with van der Waals surface area (Å²) in [4.78, 5) is 7.46. The van der Waals surface area contributed by atoms with Crippen molar-refractivity contribution in [3.63, 3.8) is 0 Å². The lowest BCUT2D eigenvalue weighted by Crippen LogP contribution is -2.22. The smallest absolute Gasteiger partial charge is 0.142 e. The molecule has 112 valence electrons. The van der Waals surface area contributed by atoms with Gasteiger partial charge in [0.2, 0.25) is 0 Å². The Morgan fingerprint density at radius 1 is 1.48 bits per heavy atom. The summed E-state index contributed by atoms with van der Waals surface area (Å²) < 4.78 is 5.49. The van der Waals surface area contributed by atoms with Crippen LogP contribution in [0.25, 0.3) is 0 Å². The maximum absolute atomic E-state index is 5.49. The number of thioether (sulfide) groups is 1. The predicted molar refractivity (Wildman–Crippen MR) is 90.5 cm³/mol. The molecule has 0 saturated carbocycles. The van der Waals surface area contributed by atoms with Crippen LogP contribution in [0, 0.1) is 0 Å². The molecular formula is C16H20N2OS2. The zero-order chi connectivity index (χ0) is 14.7. The maximum atomic E-state index is 5.49. The lowest BCUT2D eigenvalue weighted by molar-refractivity contribution is 0.401. The van der Waals surface area contributed by atoms with Crippen LogP contribution in [-0.2, 0) is 12.2 Å². The van der Waals surface area contributed by atoms with E-state index in [4.69, 9.17) is 4.74 Å². The van der Waals surface area contributed by atoms with Crippen LogP contribution >= 0.6 is 23.1 Å². The quantitative estimate of drug-likeness (QED) is 0.912. The average Bonchev–Trinajstić information content (AvgIpc) is 2.96. The number of hydrogen-bond acceptors (Lipinski definition) is 5. The van der Waals surface area contributed by atoms with Gasteiger partial charge in [0, 0.05) is 21.7 Å². The number of aryl methyl sites for hydroxylation is 1. The van der Waals surface area contributed by atoms with Crippen LogP contribution in [0.4, 0.5) is 0 Å². The lowest BCUT2D eigenvalue weighted by atomic mass is 10.1. The van der Waals surface area contributed by atoms with Crippen molar-refractivity contribution in [2.75, 3.05) is 19.4 Å². The van der Waals surface area contributed by atoms with Gasteiger partial charge in [0.05, 0.1) is 13.2 Å². The highest BCUT2D eigenvalue weighted by atomic mass is 32.2. The summed E-state index contributed by atoms with van der Waals surface area (Å²) in [5.41, 5.74) is 2.48. The Kier molecular flexibility index (Phi) is 4.83. The number of nitrogens with zero attached hydrogens (tertiary/aromatic N) is 1. The van der Waals surface area contributed by atoms with Gasteiger partial charge in [-0.2, -0.15) is 11.8 Å². The molecule has 1 atom stereocenters. The molecule has 0 bridgehead atoms. The average molecular weight is 320 g/mol. The van der Waals surface area contributed by atoms with Crippen molar-refractivity contribution >= 4 is 23.1 Å². The van der Waals surface area contributed by atoms with Gasteiger partial charge in [-0.25, -0.2) is 0 Å². The third kappa shape index (κ3) is 3.10. The Labute approximate surface area is 134 Å². The minimum absolute atomic E-state index is 0.117. The lowest BCUT2D eigenvalue weighted by Gasteiger charge is -2.18. The summed E-state index contributed by atoms with van der Waals surface area (Å²) in [6, 6.07) is 6.37. The van der Waals surface area contributed by atoms with Crippen molar-refractivity contribution in [2.45, 2.75) is 25.1 Å². The number of aromatic nitrogens is 1. The zero-order valence-electron chi connectivity index (χ0n) is 12.4. The SMILES string of the molecule is CCNC(c1cc2c(s1)CCSC2)c1ncccc1OC. The molecule has 2 aromatic rings. The standard InChI is InChI=1S/C16H20N2OS2/c1-3-17-16(15-12(19-2)5-4-7-18-15)14-9-11-10-20-8-6-13(11)21-14/h4-5,7,9,16-17H,3,6,8,10H2,1-2H3. The van der Waals surface area contributed by atoms with Gasteiger partial charge in [-0.15, -0.1) is 11.3 Å². The number of nitrogens with one attached hydrogen (secondary N) is 1. The summed E-state index contributed by atoms with van der Waals surface area (Å²) in [6.07, 6.45) is 3.04. The summed E-state index contributed by atoms with van der Waals surface area (Å²) >= 11 is 3.95. The number of thiophene rings is 1. The van der Waals surface area contributed by atoms with Gasteiger partial charge >= 0.3 is 0 Å². The Morgan fingerprint density at radius 2 is 2.38 bits per heavy atom. The molecule has 1 aliphatic rings. The highest BCUT2D eigenvalue weighted by Crippen LogP contribution is 2.37. The minimum atomic E-state index is 0.117. The molecule has 3 rings (SSSR count). The molecule has 0 amide bonds. The number of hydrogen-bond donors (Lipinski definition) is 1. The predicted octanol–water partition coefficient (Wildman–Crippen LogP) is 3.64. The van der Waals surface area contributed by atoms with Gasteiger partial charge in [0.25, 0.3) is 0 Å². The summed E-state index contributed by atoms with van der Waals surface area (Å²) in [5.74, 6) is 3.24. The highest BCUT2D eigenvalue weighted by molar-refractivity contribution is 7.98. The molecule has 1 aliphatic heterocycles. The molecular weight excluding hydrogens is 300 g/mol. The largest absolute Gasteiger partial charge is 0.495 e. The van der Waals surface area contributed by atoms with Crippen molar-refractivity contribution < 1.29 is 4.74 Å². The molecule has 0 aromatic carbocycles. The fraction of sp³-hybridized carbons (Fsp3) is 0.438. The summed E-state index contributed by atoms with van der Waals surface area (Å²) in [6.45, 7) is 3.04. The second-order valence-corrected chi connectivity index (χ2v) is 7.25. The van der Waals surface area contributed by atoms with Crippen LogP contribution in [0.1, 0.15) is 34.0 Å². The van der Waals surface area contributed by atoms with E-state index in [-0.39, 0.29) is 6.04 Å². The molecule has 2 aromatic heterocycles. The molecule has 3 nitrogen and oxygen atoms in total. The first kappa shape index (κ1) is 14.9. The number of methoxy groups -OCH3 is 1. The van der Waals surface area contributed by atoms with E-state index in [1.54, 1.807) is 12.0 Å². The van der Waals surface area contributed by atoms with Gasteiger partial charge < -0.3 is 10.1 Å². The van der Waals surface area contributed by atoms with Crippen molar-refractivity contribution in [1.29, 1.82) is 0 Å². The monoisotopic (exact) mass is 320 g/mol. The topological polar surface area (TPSA) is 34.2 Å². The molecule has 0 aliphatic carbocycles. The Morgan fingerprint density at radius 3 is 3.14 bits per heavy atom. The summed E-state index contributed by atoms with van der Waals surface area (Å²) in [7, 11) is 1.71. The van der Waals surface area contributed by atoms with Gasteiger partial charge in [-0.05, 0) is 42.5 Å². The first-order chi connectivity index (χ1) is 10.3. The zero-order valence-corrected chi connectivity index (χ0v) is 14.0. The van der Waals surface area contributed by atoms with E-state index >= 15 is 0 Å². The third-order valence-corrected chi connectivity index (χ3v) is 5.94. The van der Waals surface area contributed by atoms with E-state index in [2.05, 4.69) is 23.3 Å². The molecule has 0 saturated heterocycles. The Hall–Kier alpha value is -1.04. The number of fused-ring (bicyclic) bond motifs is 1. The number of rotatable bonds is 5. The van der Waals surface area contributed by atoms with Gasteiger partial charge in [-0.1, -0.05) is 6.92 Å². The molecule has 3 heterocycles. The van der Waals surface area contributed by atoms with Crippen molar-refractivity contribution in [3.05, 3.63) is 45.4 Å². The van der Waals surface area contributed by atoms with Crippen molar-refractivity contribution in [1.82, 2.24) is 10.3 Å². The van der Waals surface area contributed by atoms with Crippen LogP contribution in [0.3, 0.4) is 0 Å². The molecule has 1 N–H and O–H groups in total. The second-order valence-electron chi connectivity index (χ2n) is 4.98. The molecule has 0 fully saturated rings. The van der Waals surface area contributed by atoms with Crippen LogP contribution in [0.5, 0.6) is 5.75 Å². The van der Waals surface area contributed by atoms with Crippen molar-refractivity contribution in [2.24, 2.45) is 0 Å². The van der Waals surface area contributed by atoms with Gasteiger partial charge in [-0.3, -0.25) is 4.98 Å². The van der Waals surface area contributed by atoms with Gasteiger partial charge in [0.1, 0.15) is 11.4 Å². The van der Waals surface area contributed by atoms with Crippen LogP contribution in [0.15, 0.2) is 24.4 Å². The molecule has 5 heteroatoms. The fourth-order valence-corrected chi connectivity index (χ4v) is 5.10. The van der Waals surface area contributed by atoms with E-state index in [0.717, 1.165) is 23.7 Å². The van der Waals surface area contributed by atoms with Crippen LogP contribution in [-0.4, -0.2) is 24.4 Å². The number of pyridine rings is 1. The van der Waals surface area contributed by atoms with E-state index in [1.165, 1.54) is 22.6 Å². The summed E-state index contributed by atoms with van der Waals surface area (Å²) in [5, 5.41) is 3.56. The van der Waals surface area contributed by atoms with E-state index in [1.807, 2.05) is 41.4 Å². The van der Waals surface area contributed by atoms with Crippen LogP contribution in [0.2, 0.25) is 0 Å². The Bertz CT molecular complexity index is 589. The fourth-order valence-electron chi connectivity index (χ4n) is 2.64. The van der Waals surface area contributed by atoms with Crippen molar-refractivity contribution in [3.8, 4) is 5.75 Å².